The Kier molecular flexibility index (Phi) is 5.91. The molecule has 2 atom stereocenters. The second-order valence-electron chi connectivity index (χ2n) is 3.72. The number of nitrogens with zero attached hydrogens (tertiary/aromatic N) is 2. The van der Waals surface area contributed by atoms with E-state index in [4.69, 9.17) is 21.1 Å². The van der Waals surface area contributed by atoms with Crippen LogP contribution in [0.5, 0.6) is 0 Å². The second kappa shape index (κ2) is 6.96. The lowest BCUT2D eigenvalue weighted by atomic mass is 10.1. The molecule has 0 aliphatic rings. The van der Waals surface area contributed by atoms with Gasteiger partial charge in [0.05, 0.1) is 36.2 Å². The Hall–Kier alpha value is -0.620. The molecule has 2 unspecified atom stereocenters. The maximum Gasteiger partial charge on any atom is 0.123 e. The van der Waals surface area contributed by atoms with Crippen LogP contribution in [0.25, 0.3) is 0 Å². The minimum atomic E-state index is -0.781. The van der Waals surface area contributed by atoms with E-state index in [9.17, 15) is 5.11 Å². The van der Waals surface area contributed by atoms with Crippen molar-refractivity contribution in [1.82, 2.24) is 9.78 Å². The first-order valence-corrected chi connectivity index (χ1v) is 5.94. The van der Waals surface area contributed by atoms with Crippen molar-refractivity contribution in [3.63, 3.8) is 0 Å². The topological polar surface area (TPSA) is 56.5 Å². The van der Waals surface area contributed by atoms with Gasteiger partial charge in [-0.2, -0.15) is 5.10 Å². The Bertz CT molecular complexity index is 339. The van der Waals surface area contributed by atoms with Crippen molar-refractivity contribution in [3.05, 3.63) is 16.9 Å². The van der Waals surface area contributed by atoms with Gasteiger partial charge in [-0.15, -0.1) is 0 Å². The van der Waals surface area contributed by atoms with Gasteiger partial charge in [0.1, 0.15) is 6.10 Å². The Balaban J connectivity index is 2.90. The molecule has 6 heteroatoms. The third-order valence-corrected chi connectivity index (χ3v) is 2.97. The molecule has 0 saturated carbocycles. The van der Waals surface area contributed by atoms with Crippen molar-refractivity contribution in [2.24, 2.45) is 0 Å². The number of halogens is 1. The van der Waals surface area contributed by atoms with Crippen molar-refractivity contribution in [2.45, 2.75) is 32.1 Å². The summed E-state index contributed by atoms with van der Waals surface area (Å²) in [5.74, 6) is 0. The molecule has 1 aromatic rings. The summed E-state index contributed by atoms with van der Waals surface area (Å²) in [5.41, 5.74) is 0.581. The minimum absolute atomic E-state index is 0.287. The fourth-order valence-corrected chi connectivity index (χ4v) is 1.97. The van der Waals surface area contributed by atoms with E-state index in [1.54, 1.807) is 18.9 Å². The molecule has 0 aliphatic heterocycles. The normalized spacial score (nSPS) is 14.9. The van der Waals surface area contributed by atoms with Crippen LogP contribution in [-0.2, 0) is 16.0 Å². The number of methoxy groups -OCH3 is 2. The highest BCUT2D eigenvalue weighted by Crippen LogP contribution is 2.27. The third kappa shape index (κ3) is 3.42. The first-order valence-electron chi connectivity index (χ1n) is 5.56. The van der Waals surface area contributed by atoms with Crippen LogP contribution in [0.4, 0.5) is 0 Å². The Labute approximate surface area is 106 Å². The van der Waals surface area contributed by atoms with E-state index >= 15 is 0 Å². The molecular weight excluding hydrogens is 244 g/mol. The number of aliphatic hydroxyl groups is 1. The van der Waals surface area contributed by atoms with Gasteiger partial charge in [0.25, 0.3) is 0 Å². The molecule has 0 aromatic carbocycles. The predicted octanol–water partition coefficient (Wildman–Crippen LogP) is 1.64. The van der Waals surface area contributed by atoms with Crippen LogP contribution in [-0.4, -0.2) is 41.8 Å². The van der Waals surface area contributed by atoms with Crippen LogP contribution in [0.1, 0.15) is 25.1 Å². The third-order valence-electron chi connectivity index (χ3n) is 2.68. The molecule has 0 aliphatic carbocycles. The molecule has 5 nitrogen and oxygen atoms in total. The molecule has 1 heterocycles. The quantitative estimate of drug-likeness (QED) is 0.812. The number of aromatic nitrogens is 2. The van der Waals surface area contributed by atoms with Crippen molar-refractivity contribution in [1.29, 1.82) is 0 Å². The Morgan fingerprint density at radius 1 is 1.53 bits per heavy atom. The van der Waals surface area contributed by atoms with Crippen molar-refractivity contribution >= 4 is 11.6 Å². The second-order valence-corrected chi connectivity index (χ2v) is 4.13. The van der Waals surface area contributed by atoms with E-state index in [-0.39, 0.29) is 6.10 Å². The number of aliphatic hydroxyl groups excluding tert-OH is 1. The van der Waals surface area contributed by atoms with Crippen molar-refractivity contribution in [3.8, 4) is 0 Å². The van der Waals surface area contributed by atoms with Crippen LogP contribution in [0.15, 0.2) is 6.20 Å². The first kappa shape index (κ1) is 14.4. The summed E-state index contributed by atoms with van der Waals surface area (Å²) in [6.07, 6.45) is 1.16. The highest BCUT2D eigenvalue weighted by molar-refractivity contribution is 6.31. The van der Waals surface area contributed by atoms with Gasteiger partial charge < -0.3 is 14.6 Å². The van der Waals surface area contributed by atoms with Gasteiger partial charge in [-0.1, -0.05) is 18.5 Å². The van der Waals surface area contributed by atoms with E-state index < -0.39 is 6.10 Å². The van der Waals surface area contributed by atoms with E-state index in [0.717, 1.165) is 0 Å². The largest absolute Gasteiger partial charge is 0.384 e. The number of hydrogen-bond acceptors (Lipinski definition) is 4. The summed E-state index contributed by atoms with van der Waals surface area (Å²) in [6.45, 7) is 3.01. The van der Waals surface area contributed by atoms with Gasteiger partial charge in [0, 0.05) is 14.2 Å². The van der Waals surface area contributed by atoms with Crippen LogP contribution < -0.4 is 0 Å². The summed E-state index contributed by atoms with van der Waals surface area (Å²) in [7, 11) is 3.19. The molecule has 0 fully saturated rings. The first-order chi connectivity index (χ1) is 8.15. The molecule has 0 bridgehead atoms. The average Bonchev–Trinajstić information content (AvgIpc) is 2.69. The summed E-state index contributed by atoms with van der Waals surface area (Å²) < 4.78 is 11.9. The molecule has 17 heavy (non-hydrogen) atoms. The lowest BCUT2D eigenvalue weighted by Gasteiger charge is -2.21. The van der Waals surface area contributed by atoms with Crippen LogP contribution in [0.3, 0.4) is 0 Å². The standard InChI is InChI=1S/C11H19ClN2O3/c1-4-9(17-3)11(15)10-8(12)7-13-14(10)5-6-16-2/h7,9,11,15H,4-6H2,1-3H3. The maximum atomic E-state index is 10.2. The Morgan fingerprint density at radius 2 is 2.24 bits per heavy atom. The smallest absolute Gasteiger partial charge is 0.123 e. The lowest BCUT2D eigenvalue weighted by molar-refractivity contribution is -0.0194. The van der Waals surface area contributed by atoms with E-state index in [1.165, 1.54) is 6.20 Å². The maximum absolute atomic E-state index is 10.2. The number of rotatable bonds is 7. The van der Waals surface area contributed by atoms with Crippen LogP contribution in [0.2, 0.25) is 5.02 Å². The summed E-state index contributed by atoms with van der Waals surface area (Å²) in [5, 5.41) is 14.8. The van der Waals surface area contributed by atoms with E-state index in [2.05, 4.69) is 5.10 Å². The molecule has 98 valence electrons. The summed E-state index contributed by atoms with van der Waals surface area (Å²) >= 11 is 6.04. The molecular formula is C11H19ClN2O3. The Morgan fingerprint density at radius 3 is 2.76 bits per heavy atom. The molecule has 0 saturated heterocycles. The van der Waals surface area contributed by atoms with E-state index in [0.29, 0.717) is 30.3 Å². The summed E-state index contributed by atoms with van der Waals surface area (Å²) in [4.78, 5) is 0. The summed E-state index contributed by atoms with van der Waals surface area (Å²) in [6, 6.07) is 0. The SMILES string of the molecule is CCC(OC)C(O)c1c(Cl)cnn1CCOC. The number of ether oxygens (including phenoxy) is 2. The molecule has 0 radical (unpaired) electrons. The van der Waals surface area contributed by atoms with Crippen molar-refractivity contribution in [2.75, 3.05) is 20.8 Å². The zero-order valence-electron chi connectivity index (χ0n) is 10.4. The molecule has 1 N–H and O–H groups in total. The zero-order chi connectivity index (χ0) is 12.8. The van der Waals surface area contributed by atoms with Gasteiger partial charge in [-0.25, -0.2) is 0 Å². The van der Waals surface area contributed by atoms with E-state index in [1.807, 2.05) is 6.92 Å². The van der Waals surface area contributed by atoms with Gasteiger partial charge in [-0.05, 0) is 6.42 Å². The lowest BCUT2D eigenvalue weighted by Crippen LogP contribution is -2.24. The minimum Gasteiger partial charge on any atom is -0.384 e. The highest BCUT2D eigenvalue weighted by Gasteiger charge is 2.25. The number of hydrogen-bond donors (Lipinski definition) is 1. The fourth-order valence-electron chi connectivity index (χ4n) is 1.72. The molecule has 0 amide bonds. The highest BCUT2D eigenvalue weighted by atomic mass is 35.5. The van der Waals surface area contributed by atoms with Gasteiger partial charge >= 0.3 is 0 Å². The monoisotopic (exact) mass is 262 g/mol. The van der Waals surface area contributed by atoms with Gasteiger partial charge in [0.15, 0.2) is 0 Å². The molecule has 1 aromatic heterocycles. The van der Waals surface area contributed by atoms with Gasteiger partial charge in [-0.3, -0.25) is 4.68 Å². The van der Waals surface area contributed by atoms with Crippen LogP contribution >= 0.6 is 11.6 Å². The average molecular weight is 263 g/mol. The predicted molar refractivity (Wildman–Crippen MR) is 65.2 cm³/mol. The van der Waals surface area contributed by atoms with Gasteiger partial charge in [0.2, 0.25) is 0 Å². The van der Waals surface area contributed by atoms with Crippen molar-refractivity contribution < 1.29 is 14.6 Å². The fraction of sp³-hybridized carbons (Fsp3) is 0.727. The zero-order valence-corrected chi connectivity index (χ0v) is 11.1. The molecule has 0 spiro atoms. The molecule has 1 rings (SSSR count). The van der Waals surface area contributed by atoms with Crippen LogP contribution in [0, 0.1) is 0 Å².